The molecule has 0 aliphatic rings. The summed E-state index contributed by atoms with van der Waals surface area (Å²) in [5.41, 5.74) is 3.04. The van der Waals surface area contributed by atoms with Crippen LogP contribution >= 0.6 is 0 Å². The van der Waals surface area contributed by atoms with Crippen LogP contribution in [0.1, 0.15) is 17.1 Å². The van der Waals surface area contributed by atoms with Gasteiger partial charge in [-0.3, -0.25) is 4.90 Å². The zero-order chi connectivity index (χ0) is 15.4. The highest BCUT2D eigenvalue weighted by Gasteiger charge is 2.11. The van der Waals surface area contributed by atoms with Crippen LogP contribution in [0.2, 0.25) is 0 Å². The topological polar surface area (TPSA) is 67.9 Å². The summed E-state index contributed by atoms with van der Waals surface area (Å²) in [6, 6.07) is 11.8. The fourth-order valence-electron chi connectivity index (χ4n) is 2.11. The molecule has 0 fully saturated rings. The average molecular weight is 295 g/mol. The molecule has 0 atom stereocenters. The van der Waals surface area contributed by atoms with Crippen molar-refractivity contribution in [1.82, 2.24) is 25.3 Å². The molecule has 6 nitrogen and oxygen atoms in total. The van der Waals surface area contributed by atoms with Crippen LogP contribution in [0.5, 0.6) is 0 Å². The van der Waals surface area contributed by atoms with Gasteiger partial charge < -0.3 is 4.42 Å². The summed E-state index contributed by atoms with van der Waals surface area (Å²) in [6.07, 6.45) is 1.66. The molecular weight excluding hydrogens is 278 g/mol. The molecule has 0 aliphatic carbocycles. The Morgan fingerprint density at radius 2 is 1.82 bits per heavy atom. The molecule has 22 heavy (non-hydrogen) atoms. The van der Waals surface area contributed by atoms with E-state index in [1.165, 1.54) is 5.56 Å². The second-order valence-electron chi connectivity index (χ2n) is 5.25. The van der Waals surface area contributed by atoms with Crippen LogP contribution in [-0.2, 0) is 13.1 Å². The van der Waals surface area contributed by atoms with Gasteiger partial charge in [0.2, 0.25) is 11.8 Å². The summed E-state index contributed by atoms with van der Waals surface area (Å²) in [4.78, 5) is 2.05. The molecule has 2 heterocycles. The Bertz CT molecular complexity index is 724. The Kier molecular flexibility index (Phi) is 4.20. The normalized spacial score (nSPS) is 11.0. The molecule has 112 valence electrons. The number of hydrogen-bond donors (Lipinski definition) is 0. The summed E-state index contributed by atoms with van der Waals surface area (Å²) in [5, 5.41) is 16.1. The Morgan fingerprint density at radius 3 is 2.55 bits per heavy atom. The van der Waals surface area contributed by atoms with E-state index >= 15 is 0 Å². The summed E-state index contributed by atoms with van der Waals surface area (Å²) >= 11 is 0. The van der Waals surface area contributed by atoms with E-state index in [1.54, 1.807) is 6.20 Å². The molecular formula is C16H17N5O. The van der Waals surface area contributed by atoms with Gasteiger partial charge in [-0.2, -0.15) is 10.2 Å². The third-order valence-corrected chi connectivity index (χ3v) is 3.23. The van der Waals surface area contributed by atoms with Gasteiger partial charge in [0.05, 0.1) is 12.2 Å². The van der Waals surface area contributed by atoms with Crippen molar-refractivity contribution >= 4 is 0 Å². The lowest BCUT2D eigenvalue weighted by Gasteiger charge is -2.12. The fraction of sp³-hybridized carbons (Fsp3) is 0.250. The molecule has 0 radical (unpaired) electrons. The lowest BCUT2D eigenvalue weighted by molar-refractivity contribution is 0.279. The first-order valence-corrected chi connectivity index (χ1v) is 7.05. The number of rotatable bonds is 5. The smallest absolute Gasteiger partial charge is 0.247 e. The van der Waals surface area contributed by atoms with Crippen molar-refractivity contribution in [3.05, 3.63) is 59.7 Å². The predicted molar refractivity (Wildman–Crippen MR) is 81.7 cm³/mol. The predicted octanol–water partition coefficient (Wildman–Crippen LogP) is 2.47. The van der Waals surface area contributed by atoms with Gasteiger partial charge in [-0.05, 0) is 38.2 Å². The van der Waals surface area contributed by atoms with Crippen LogP contribution in [0, 0.1) is 6.92 Å². The highest BCUT2D eigenvalue weighted by Crippen LogP contribution is 2.18. The number of benzene rings is 1. The fourth-order valence-corrected chi connectivity index (χ4v) is 2.11. The van der Waals surface area contributed by atoms with Gasteiger partial charge in [-0.25, -0.2) is 0 Å². The minimum Gasteiger partial charge on any atom is -0.419 e. The second-order valence-corrected chi connectivity index (χ2v) is 5.25. The summed E-state index contributed by atoms with van der Waals surface area (Å²) in [7, 11) is 1.98. The lowest BCUT2D eigenvalue weighted by atomic mass is 10.1. The van der Waals surface area contributed by atoms with Crippen molar-refractivity contribution in [2.75, 3.05) is 7.05 Å². The van der Waals surface area contributed by atoms with Crippen molar-refractivity contribution in [3.8, 4) is 11.5 Å². The number of hydrogen-bond acceptors (Lipinski definition) is 6. The monoisotopic (exact) mass is 295 g/mol. The Labute approximate surface area is 128 Å². The molecule has 0 saturated heterocycles. The number of aryl methyl sites for hydroxylation is 1. The van der Waals surface area contributed by atoms with E-state index in [0.717, 1.165) is 11.3 Å². The van der Waals surface area contributed by atoms with Crippen molar-refractivity contribution in [2.45, 2.75) is 20.0 Å². The summed E-state index contributed by atoms with van der Waals surface area (Å²) in [6.45, 7) is 3.29. The van der Waals surface area contributed by atoms with E-state index in [2.05, 4.69) is 25.3 Å². The van der Waals surface area contributed by atoms with Crippen LogP contribution in [-0.4, -0.2) is 32.3 Å². The minimum atomic E-state index is 0.544. The van der Waals surface area contributed by atoms with Gasteiger partial charge in [0.25, 0.3) is 0 Å². The van der Waals surface area contributed by atoms with Crippen molar-refractivity contribution in [1.29, 1.82) is 0 Å². The summed E-state index contributed by atoms with van der Waals surface area (Å²) in [5.74, 6) is 1.13. The Hall–Kier alpha value is -2.60. The zero-order valence-electron chi connectivity index (χ0n) is 12.6. The van der Waals surface area contributed by atoms with Crippen LogP contribution < -0.4 is 0 Å². The quantitative estimate of drug-likeness (QED) is 0.720. The molecule has 0 saturated carbocycles. The first-order chi connectivity index (χ1) is 10.7. The Morgan fingerprint density at radius 1 is 1.00 bits per heavy atom. The van der Waals surface area contributed by atoms with Crippen LogP contribution in [0.3, 0.4) is 0 Å². The van der Waals surface area contributed by atoms with Crippen LogP contribution in [0.4, 0.5) is 0 Å². The molecule has 3 aromatic rings. The van der Waals surface area contributed by atoms with Gasteiger partial charge in [-0.15, -0.1) is 10.2 Å². The highest BCUT2D eigenvalue weighted by molar-refractivity contribution is 5.52. The van der Waals surface area contributed by atoms with Crippen molar-refractivity contribution in [2.24, 2.45) is 0 Å². The second kappa shape index (κ2) is 6.44. The van der Waals surface area contributed by atoms with Crippen molar-refractivity contribution in [3.63, 3.8) is 0 Å². The highest BCUT2D eigenvalue weighted by atomic mass is 16.4. The molecule has 0 aliphatic heterocycles. The SMILES string of the molecule is Cc1ccc(-c2nnc(CN(C)Cc3cccnn3)o2)cc1. The van der Waals surface area contributed by atoms with E-state index < -0.39 is 0 Å². The van der Waals surface area contributed by atoms with Gasteiger partial charge in [-0.1, -0.05) is 17.7 Å². The molecule has 0 unspecified atom stereocenters. The Balaban J connectivity index is 1.65. The first kappa shape index (κ1) is 14.3. The van der Waals surface area contributed by atoms with Gasteiger partial charge in [0.1, 0.15) is 0 Å². The summed E-state index contributed by atoms with van der Waals surface area (Å²) < 4.78 is 5.72. The molecule has 0 N–H and O–H groups in total. The zero-order valence-corrected chi connectivity index (χ0v) is 12.6. The van der Waals surface area contributed by atoms with E-state index in [1.807, 2.05) is 50.4 Å². The third-order valence-electron chi connectivity index (χ3n) is 3.23. The van der Waals surface area contributed by atoms with E-state index in [-0.39, 0.29) is 0 Å². The maximum Gasteiger partial charge on any atom is 0.247 e. The van der Waals surface area contributed by atoms with Gasteiger partial charge in [0, 0.05) is 18.3 Å². The van der Waals surface area contributed by atoms with Crippen LogP contribution in [0.15, 0.2) is 47.0 Å². The third kappa shape index (κ3) is 3.53. The van der Waals surface area contributed by atoms with E-state index in [4.69, 9.17) is 4.42 Å². The molecule has 0 amide bonds. The molecule has 0 bridgehead atoms. The largest absolute Gasteiger partial charge is 0.419 e. The molecule has 6 heteroatoms. The standard InChI is InChI=1S/C16H17N5O/c1-12-5-7-13(8-6-12)16-20-19-15(22-16)11-21(2)10-14-4-3-9-17-18-14/h3-9H,10-11H2,1-2H3. The molecule has 3 rings (SSSR count). The maximum absolute atomic E-state index is 5.72. The molecule has 1 aromatic carbocycles. The van der Waals surface area contributed by atoms with Gasteiger partial charge in [0.15, 0.2) is 0 Å². The van der Waals surface area contributed by atoms with E-state index in [0.29, 0.717) is 24.9 Å². The number of aromatic nitrogens is 4. The van der Waals surface area contributed by atoms with Crippen molar-refractivity contribution < 1.29 is 4.42 Å². The van der Waals surface area contributed by atoms with Gasteiger partial charge >= 0.3 is 0 Å². The first-order valence-electron chi connectivity index (χ1n) is 7.05. The molecule has 0 spiro atoms. The minimum absolute atomic E-state index is 0.544. The average Bonchev–Trinajstić information content (AvgIpc) is 2.97. The lowest BCUT2D eigenvalue weighted by Crippen LogP contribution is -2.18. The maximum atomic E-state index is 5.72. The van der Waals surface area contributed by atoms with Crippen LogP contribution in [0.25, 0.3) is 11.5 Å². The number of nitrogens with zero attached hydrogens (tertiary/aromatic N) is 5. The molecule has 2 aromatic heterocycles. The van der Waals surface area contributed by atoms with E-state index in [9.17, 15) is 0 Å².